The van der Waals surface area contributed by atoms with Crippen LogP contribution in [0.15, 0.2) is 18.2 Å². The highest BCUT2D eigenvalue weighted by Gasteiger charge is 2.19. The minimum absolute atomic E-state index is 0.153. The summed E-state index contributed by atoms with van der Waals surface area (Å²) < 4.78 is 10.1. The average Bonchev–Trinajstić information content (AvgIpc) is 2.96. The number of methoxy groups -OCH3 is 1. The maximum Gasteiger partial charge on any atom is 0.361 e. The van der Waals surface area contributed by atoms with Crippen molar-refractivity contribution in [3.8, 4) is 17.0 Å². The first-order valence-electron chi connectivity index (χ1n) is 6.16. The summed E-state index contributed by atoms with van der Waals surface area (Å²) in [6.45, 7) is 2.34. The zero-order chi connectivity index (χ0) is 14.5. The molecular weight excluding hydrogens is 260 g/mol. The van der Waals surface area contributed by atoms with Crippen molar-refractivity contribution in [1.29, 1.82) is 0 Å². The lowest BCUT2D eigenvalue weighted by Gasteiger charge is -2.08. The van der Waals surface area contributed by atoms with E-state index in [1.54, 1.807) is 26.2 Å². The summed E-state index contributed by atoms with van der Waals surface area (Å²) in [6.07, 6.45) is 0. The lowest BCUT2D eigenvalue weighted by Crippen LogP contribution is -2.07. The molecule has 0 saturated carbocycles. The van der Waals surface area contributed by atoms with Gasteiger partial charge in [0.05, 0.1) is 13.7 Å². The SMILES string of the molecule is CCOC(=O)c1n[nH]nc1-c1ccc(OC)c(CN)c1. The molecule has 0 aliphatic carbocycles. The van der Waals surface area contributed by atoms with E-state index in [1.807, 2.05) is 6.07 Å². The molecule has 0 unspecified atom stereocenters. The molecule has 1 heterocycles. The van der Waals surface area contributed by atoms with E-state index in [-0.39, 0.29) is 12.3 Å². The number of hydrogen-bond acceptors (Lipinski definition) is 6. The van der Waals surface area contributed by atoms with Gasteiger partial charge in [0.1, 0.15) is 11.4 Å². The third-order valence-electron chi connectivity index (χ3n) is 2.79. The molecule has 1 aromatic heterocycles. The first kappa shape index (κ1) is 14.0. The second-order valence-corrected chi connectivity index (χ2v) is 3.97. The zero-order valence-corrected chi connectivity index (χ0v) is 11.3. The van der Waals surface area contributed by atoms with Crippen molar-refractivity contribution in [1.82, 2.24) is 15.4 Å². The number of aromatic nitrogens is 3. The van der Waals surface area contributed by atoms with Crippen LogP contribution < -0.4 is 10.5 Å². The van der Waals surface area contributed by atoms with Gasteiger partial charge in [0.15, 0.2) is 5.69 Å². The smallest absolute Gasteiger partial charge is 0.361 e. The summed E-state index contributed by atoms with van der Waals surface area (Å²) in [5.41, 5.74) is 7.81. The van der Waals surface area contributed by atoms with Gasteiger partial charge in [-0.2, -0.15) is 10.3 Å². The van der Waals surface area contributed by atoms with Crippen LogP contribution in [-0.2, 0) is 11.3 Å². The topological polar surface area (TPSA) is 103 Å². The van der Waals surface area contributed by atoms with Gasteiger partial charge >= 0.3 is 5.97 Å². The van der Waals surface area contributed by atoms with E-state index >= 15 is 0 Å². The highest BCUT2D eigenvalue weighted by molar-refractivity contribution is 5.94. The fourth-order valence-corrected chi connectivity index (χ4v) is 1.86. The van der Waals surface area contributed by atoms with Gasteiger partial charge in [-0.15, -0.1) is 5.10 Å². The van der Waals surface area contributed by atoms with Crippen LogP contribution in [0.1, 0.15) is 23.0 Å². The third kappa shape index (κ3) is 2.62. The second kappa shape index (κ2) is 6.16. The van der Waals surface area contributed by atoms with Crippen LogP contribution in [-0.4, -0.2) is 35.1 Å². The van der Waals surface area contributed by atoms with Gasteiger partial charge in [-0.25, -0.2) is 4.79 Å². The van der Waals surface area contributed by atoms with E-state index in [0.29, 0.717) is 18.0 Å². The molecule has 0 aliphatic rings. The van der Waals surface area contributed by atoms with Crippen LogP contribution in [0.4, 0.5) is 0 Å². The number of nitrogens with two attached hydrogens (primary N) is 1. The number of nitrogens with one attached hydrogen (secondary N) is 1. The van der Waals surface area contributed by atoms with Crippen molar-refractivity contribution in [3.05, 3.63) is 29.5 Å². The summed E-state index contributed by atoms with van der Waals surface area (Å²) >= 11 is 0. The summed E-state index contributed by atoms with van der Waals surface area (Å²) in [7, 11) is 1.58. The monoisotopic (exact) mass is 276 g/mol. The molecule has 1 aromatic carbocycles. The van der Waals surface area contributed by atoms with E-state index in [0.717, 1.165) is 11.1 Å². The van der Waals surface area contributed by atoms with E-state index in [9.17, 15) is 4.79 Å². The number of ether oxygens (including phenoxy) is 2. The van der Waals surface area contributed by atoms with Gasteiger partial charge in [-0.3, -0.25) is 0 Å². The van der Waals surface area contributed by atoms with Crippen LogP contribution >= 0.6 is 0 Å². The van der Waals surface area contributed by atoms with Crippen LogP contribution in [0.5, 0.6) is 5.75 Å². The van der Waals surface area contributed by atoms with Gasteiger partial charge in [0, 0.05) is 17.7 Å². The van der Waals surface area contributed by atoms with E-state index in [4.69, 9.17) is 15.2 Å². The van der Waals surface area contributed by atoms with Crippen LogP contribution in [0.3, 0.4) is 0 Å². The van der Waals surface area contributed by atoms with Crippen LogP contribution in [0, 0.1) is 0 Å². The first-order valence-corrected chi connectivity index (χ1v) is 6.16. The fraction of sp³-hybridized carbons (Fsp3) is 0.308. The number of rotatable bonds is 5. The number of carbonyl (C=O) groups excluding carboxylic acids is 1. The van der Waals surface area contributed by atoms with Gasteiger partial charge in [0.25, 0.3) is 0 Å². The van der Waals surface area contributed by atoms with Gasteiger partial charge in [0.2, 0.25) is 0 Å². The molecule has 2 aromatic rings. The van der Waals surface area contributed by atoms with E-state index in [1.165, 1.54) is 0 Å². The maximum atomic E-state index is 11.8. The normalized spacial score (nSPS) is 10.3. The van der Waals surface area contributed by atoms with Crippen molar-refractivity contribution in [2.24, 2.45) is 5.73 Å². The highest BCUT2D eigenvalue weighted by Crippen LogP contribution is 2.26. The maximum absolute atomic E-state index is 11.8. The number of benzene rings is 1. The molecule has 0 bridgehead atoms. The summed E-state index contributed by atoms with van der Waals surface area (Å²) in [5, 5.41) is 10.3. The molecule has 0 spiro atoms. The predicted octanol–water partition coefficient (Wildman–Crippen LogP) is 1.12. The molecule has 3 N–H and O–H groups in total. The number of nitrogens with zero attached hydrogens (tertiary/aromatic N) is 2. The Kier molecular flexibility index (Phi) is 4.31. The Labute approximate surface area is 116 Å². The van der Waals surface area contributed by atoms with Gasteiger partial charge < -0.3 is 15.2 Å². The largest absolute Gasteiger partial charge is 0.496 e. The lowest BCUT2D eigenvalue weighted by molar-refractivity contribution is 0.0520. The summed E-state index contributed by atoms with van der Waals surface area (Å²) in [6, 6.07) is 5.39. The molecule has 0 atom stereocenters. The molecule has 106 valence electrons. The fourth-order valence-electron chi connectivity index (χ4n) is 1.86. The number of hydrogen-bond donors (Lipinski definition) is 2. The molecule has 0 fully saturated rings. The Morgan fingerprint density at radius 3 is 2.85 bits per heavy atom. The highest BCUT2D eigenvalue weighted by atomic mass is 16.5. The minimum Gasteiger partial charge on any atom is -0.496 e. The van der Waals surface area contributed by atoms with E-state index < -0.39 is 5.97 Å². The predicted molar refractivity (Wildman–Crippen MR) is 72.2 cm³/mol. The number of esters is 1. The summed E-state index contributed by atoms with van der Waals surface area (Å²) in [5.74, 6) is 0.179. The van der Waals surface area contributed by atoms with Crippen molar-refractivity contribution in [3.63, 3.8) is 0 Å². The van der Waals surface area contributed by atoms with Crippen molar-refractivity contribution in [2.75, 3.05) is 13.7 Å². The Morgan fingerprint density at radius 2 is 2.20 bits per heavy atom. The van der Waals surface area contributed by atoms with E-state index in [2.05, 4.69) is 15.4 Å². The van der Waals surface area contributed by atoms with Gasteiger partial charge in [-0.1, -0.05) is 0 Å². The average molecular weight is 276 g/mol. The standard InChI is InChI=1S/C13H16N4O3/c1-3-20-13(18)12-11(15-17-16-12)8-4-5-10(19-2)9(6-8)7-14/h4-6H,3,7,14H2,1-2H3,(H,15,16,17). The Bertz CT molecular complexity index is 609. The van der Waals surface area contributed by atoms with Crippen molar-refractivity contribution < 1.29 is 14.3 Å². The molecule has 7 nitrogen and oxygen atoms in total. The molecule has 0 amide bonds. The quantitative estimate of drug-likeness (QED) is 0.793. The van der Waals surface area contributed by atoms with Gasteiger partial charge in [-0.05, 0) is 25.1 Å². The van der Waals surface area contributed by atoms with Crippen molar-refractivity contribution in [2.45, 2.75) is 13.5 Å². The number of aromatic amines is 1. The Balaban J connectivity index is 2.42. The van der Waals surface area contributed by atoms with Crippen molar-refractivity contribution >= 4 is 5.97 Å². The number of H-pyrrole nitrogens is 1. The first-order chi connectivity index (χ1) is 9.71. The second-order valence-electron chi connectivity index (χ2n) is 3.97. The molecule has 0 saturated heterocycles. The number of carbonyl (C=O) groups is 1. The summed E-state index contributed by atoms with van der Waals surface area (Å²) in [4.78, 5) is 11.8. The molecule has 20 heavy (non-hydrogen) atoms. The molecule has 0 aliphatic heterocycles. The molecule has 7 heteroatoms. The minimum atomic E-state index is -0.513. The Morgan fingerprint density at radius 1 is 1.40 bits per heavy atom. The molecule has 0 radical (unpaired) electrons. The molecular formula is C13H16N4O3. The Hall–Kier alpha value is -2.41. The molecule has 2 rings (SSSR count). The third-order valence-corrected chi connectivity index (χ3v) is 2.79. The zero-order valence-electron chi connectivity index (χ0n) is 11.3. The lowest BCUT2D eigenvalue weighted by atomic mass is 10.1. The van der Waals surface area contributed by atoms with Crippen LogP contribution in [0.25, 0.3) is 11.3 Å². The van der Waals surface area contributed by atoms with Crippen LogP contribution in [0.2, 0.25) is 0 Å².